The van der Waals surface area contributed by atoms with Crippen LogP contribution in [-0.2, 0) is 25.5 Å². The minimum absolute atomic E-state index is 0.399. The molecule has 0 aliphatic heterocycles. The van der Waals surface area contributed by atoms with Gasteiger partial charge >= 0.3 is 0 Å². The third-order valence-electron chi connectivity index (χ3n) is 12.7. The van der Waals surface area contributed by atoms with Crippen LogP contribution in [0.1, 0.15) is 33.2 Å². The van der Waals surface area contributed by atoms with Crippen LogP contribution in [0, 0.1) is 0 Å². The molecule has 0 fully saturated rings. The van der Waals surface area contributed by atoms with E-state index in [-0.39, 0.29) is 0 Å². The van der Waals surface area contributed by atoms with Crippen LogP contribution in [0.5, 0.6) is 0 Å². The van der Waals surface area contributed by atoms with Crippen molar-refractivity contribution in [2.45, 2.75) is 25.5 Å². The molecule has 2 nitrogen and oxygen atoms in total. The highest BCUT2D eigenvalue weighted by atomic mass is 15.1. The summed E-state index contributed by atoms with van der Waals surface area (Å²) in [5, 5.41) is 0. The lowest BCUT2D eigenvalue weighted by Crippen LogP contribution is -2.10. The van der Waals surface area contributed by atoms with Crippen molar-refractivity contribution in [1.82, 2.24) is 0 Å². The van der Waals surface area contributed by atoms with Crippen molar-refractivity contribution in [3.05, 3.63) is 265 Å². The van der Waals surface area contributed by atoms with E-state index in [2.05, 4.69) is 155 Å². The molecule has 2 aliphatic carbocycles. The number of benzene rings is 10. The van der Waals surface area contributed by atoms with Gasteiger partial charge in [0.25, 0.3) is 0 Å². The molecule has 2 heteroatoms. The maximum Gasteiger partial charge on any atom is 0.0462 e. The van der Waals surface area contributed by atoms with Crippen LogP contribution in [0.3, 0.4) is 0 Å². The van der Waals surface area contributed by atoms with Crippen LogP contribution in [0.25, 0.3) is 55.6 Å². The molecule has 0 saturated heterocycles. The van der Waals surface area contributed by atoms with Crippen LogP contribution in [0.2, 0.25) is 0 Å². The molecule has 12 rings (SSSR count). The van der Waals surface area contributed by atoms with E-state index in [0.717, 1.165) is 89.8 Å². The SMILES string of the molecule is [2H]C1([2H])c2ccc(-c3ccc(N(c4ccc(-c5ccccc5)cc4)c4ccc(-c5ccc(N(c6ccc(-c7ccccc7)cc6)c6ccc(-c7ccc8c(c7)C([2H])([2H])C8([2H])[2H])cc6)cc5)cc4)cc3)cc2C1([2H])[2H]. The quantitative estimate of drug-likeness (QED) is 0.128. The average molecular weight is 853 g/mol. The lowest BCUT2D eigenvalue weighted by atomic mass is 9.86. The molecule has 314 valence electrons. The van der Waals surface area contributed by atoms with E-state index >= 15 is 0 Å². The summed E-state index contributed by atoms with van der Waals surface area (Å²) in [4.78, 5) is 4.45. The molecule has 66 heavy (non-hydrogen) atoms. The van der Waals surface area contributed by atoms with Crippen LogP contribution in [0.4, 0.5) is 34.1 Å². The largest absolute Gasteiger partial charge is 0.311 e. The summed E-state index contributed by atoms with van der Waals surface area (Å²) in [7, 11) is 0. The summed E-state index contributed by atoms with van der Waals surface area (Å²) in [6, 6.07) is 82.1. The van der Waals surface area contributed by atoms with Gasteiger partial charge in [0.1, 0.15) is 0 Å². The van der Waals surface area contributed by atoms with Crippen molar-refractivity contribution in [2.24, 2.45) is 0 Å². The number of rotatable bonds is 11. The summed E-state index contributed by atoms with van der Waals surface area (Å²) < 4.78 is 66.4. The number of nitrogens with zero attached hydrogens (tertiary/aromatic N) is 2. The van der Waals surface area contributed by atoms with E-state index < -0.39 is 25.5 Å². The zero-order valence-corrected chi connectivity index (χ0v) is 36.0. The Bertz CT molecular complexity index is 3430. The van der Waals surface area contributed by atoms with Crippen molar-refractivity contribution >= 4 is 34.1 Å². The van der Waals surface area contributed by atoms with E-state index in [4.69, 9.17) is 11.0 Å². The predicted octanol–water partition coefficient (Wildman–Crippen LogP) is 17.2. The smallest absolute Gasteiger partial charge is 0.0462 e. The highest BCUT2D eigenvalue weighted by Gasteiger charge is 2.18. The summed E-state index contributed by atoms with van der Waals surface area (Å²) in [5.41, 5.74) is 17.5. The summed E-state index contributed by atoms with van der Waals surface area (Å²) >= 11 is 0. The number of hydrogen-bond acceptors (Lipinski definition) is 2. The van der Waals surface area contributed by atoms with Gasteiger partial charge in [-0.25, -0.2) is 0 Å². The zero-order valence-electron chi connectivity index (χ0n) is 44.0. The van der Waals surface area contributed by atoms with Crippen LogP contribution < -0.4 is 9.80 Å². The molecule has 0 N–H and O–H groups in total. The first-order valence-electron chi connectivity index (χ1n) is 26.3. The zero-order chi connectivity index (χ0) is 51.0. The Morgan fingerprint density at radius 1 is 0.212 bits per heavy atom. The van der Waals surface area contributed by atoms with Crippen LogP contribution in [-0.4, -0.2) is 0 Å². The summed E-state index contributed by atoms with van der Waals surface area (Å²) in [6.45, 7) is 0. The molecule has 0 atom stereocenters. The van der Waals surface area contributed by atoms with Gasteiger partial charge in [-0.3, -0.25) is 0 Å². The molecule has 0 bridgehead atoms. The third kappa shape index (κ3) is 7.67. The second-order valence-corrected chi connectivity index (χ2v) is 16.7. The Hall–Kier alpha value is -8.20. The van der Waals surface area contributed by atoms with Gasteiger partial charge in [0.2, 0.25) is 0 Å². The van der Waals surface area contributed by atoms with Crippen molar-refractivity contribution in [3.63, 3.8) is 0 Å². The average Bonchev–Trinajstić information content (AvgIpc) is 3.44. The van der Waals surface area contributed by atoms with Gasteiger partial charge < -0.3 is 9.80 Å². The van der Waals surface area contributed by atoms with Crippen LogP contribution in [0.15, 0.2) is 243 Å². The van der Waals surface area contributed by atoms with Crippen molar-refractivity contribution in [2.75, 3.05) is 9.80 Å². The molecule has 10 aromatic carbocycles. The predicted molar refractivity (Wildman–Crippen MR) is 278 cm³/mol. The molecule has 0 saturated carbocycles. The normalized spacial score (nSPS) is 17.2. The molecule has 0 amide bonds. The lowest BCUT2D eigenvalue weighted by molar-refractivity contribution is 0.840. The maximum atomic E-state index is 8.38. The molecule has 0 radical (unpaired) electrons. The topological polar surface area (TPSA) is 6.48 Å². The Labute approximate surface area is 399 Å². The van der Waals surface area contributed by atoms with E-state index in [1.165, 1.54) is 0 Å². The molecule has 10 aromatic rings. The Morgan fingerprint density at radius 3 is 0.697 bits per heavy atom. The standard InChI is InChI=1S/C64H48N2/c1-3-7-45(8-4-1)47-19-31-59(32-20-47)65(63-39-27-53(28-40-63)57-17-13-51-11-15-55(51)43-57)61-35-23-49(24-36-61)50-25-37-62(38-26-50)66(60-33-21-48(22-34-60)46-9-5-2-6-10-46)64-41-29-54(30-42-64)58-18-14-52-12-16-56(52)44-58/h1-10,13-14,17-44H,11-12,15-16H2/i11D2,12D2,15D2,16D2. The Kier molecular flexibility index (Phi) is 8.17. The molecule has 0 unspecified atom stereocenters. The summed E-state index contributed by atoms with van der Waals surface area (Å²) in [5.74, 6) is 0. The monoisotopic (exact) mass is 852 g/mol. The van der Waals surface area contributed by atoms with Gasteiger partial charge in [0.05, 0.1) is 0 Å². The molecule has 0 spiro atoms. The second-order valence-electron chi connectivity index (χ2n) is 16.7. The third-order valence-corrected chi connectivity index (χ3v) is 12.7. The molecule has 0 aromatic heterocycles. The highest BCUT2D eigenvalue weighted by Crippen LogP contribution is 2.41. The summed E-state index contributed by atoms with van der Waals surface area (Å²) in [6.07, 6.45) is -8.11. The molecule has 2 aliphatic rings. The van der Waals surface area contributed by atoms with Crippen LogP contribution >= 0.6 is 0 Å². The number of hydrogen-bond donors (Lipinski definition) is 0. The minimum Gasteiger partial charge on any atom is -0.311 e. The number of aryl methyl sites for hydroxylation is 4. The van der Waals surface area contributed by atoms with Gasteiger partial charge in [-0.05, 0) is 176 Å². The maximum absolute atomic E-state index is 8.38. The fourth-order valence-corrected chi connectivity index (χ4v) is 8.99. The van der Waals surface area contributed by atoms with Crippen molar-refractivity contribution in [3.8, 4) is 55.6 Å². The van der Waals surface area contributed by atoms with Gasteiger partial charge in [-0.1, -0.05) is 170 Å². The second kappa shape index (κ2) is 17.1. The first kappa shape index (κ1) is 31.6. The van der Waals surface area contributed by atoms with Gasteiger partial charge in [0, 0.05) is 45.1 Å². The van der Waals surface area contributed by atoms with Gasteiger partial charge in [-0.2, -0.15) is 0 Å². The van der Waals surface area contributed by atoms with E-state index in [9.17, 15) is 0 Å². The molecular weight excluding hydrogens is 797 g/mol. The lowest BCUT2D eigenvalue weighted by Gasteiger charge is -2.27. The fraction of sp³-hybridized carbons (Fsp3) is 0.0625. The minimum atomic E-state index is -2.05. The Morgan fingerprint density at radius 2 is 0.424 bits per heavy atom. The molecule has 0 heterocycles. The highest BCUT2D eigenvalue weighted by molar-refractivity contribution is 5.84. The van der Waals surface area contributed by atoms with E-state index in [1.54, 1.807) is 24.3 Å². The number of fused-ring (bicyclic) bond motifs is 2. The van der Waals surface area contributed by atoms with Crippen molar-refractivity contribution in [1.29, 1.82) is 0 Å². The fourth-order valence-electron chi connectivity index (χ4n) is 8.99. The Balaban J connectivity index is 0.851. The number of anilines is 6. The van der Waals surface area contributed by atoms with Gasteiger partial charge in [-0.15, -0.1) is 0 Å². The van der Waals surface area contributed by atoms with Gasteiger partial charge in [0.15, 0.2) is 0 Å². The van der Waals surface area contributed by atoms with E-state index in [1.807, 2.05) is 72.8 Å². The van der Waals surface area contributed by atoms with Crippen molar-refractivity contribution < 1.29 is 11.0 Å². The molecular formula is C64H48N2. The first-order valence-corrected chi connectivity index (χ1v) is 22.3. The van der Waals surface area contributed by atoms with E-state index in [0.29, 0.717) is 22.3 Å². The first-order chi connectivity index (χ1) is 35.7.